The molecule has 1 aliphatic heterocycles. The van der Waals surface area contributed by atoms with E-state index in [-0.39, 0.29) is 5.91 Å². The topological polar surface area (TPSA) is 46.1 Å². The molecule has 4 nitrogen and oxygen atoms in total. The molecule has 1 aromatic heterocycles. The highest BCUT2D eigenvalue weighted by molar-refractivity contribution is 7.03. The van der Waals surface area contributed by atoms with Crippen LogP contribution in [0.15, 0.2) is 29.6 Å². The van der Waals surface area contributed by atoms with Gasteiger partial charge in [-0.05, 0) is 36.0 Å². The number of carbonyl (C=O) groups is 1. The van der Waals surface area contributed by atoms with E-state index in [1.165, 1.54) is 17.1 Å². The Morgan fingerprint density at radius 3 is 3.06 bits per heavy atom. The molecule has 0 fully saturated rings. The Labute approximate surface area is 103 Å². The summed E-state index contributed by atoms with van der Waals surface area (Å²) in [6.07, 6.45) is 2.04. The van der Waals surface area contributed by atoms with Crippen LogP contribution in [-0.2, 0) is 6.42 Å². The minimum atomic E-state index is -0.0501. The summed E-state index contributed by atoms with van der Waals surface area (Å²) >= 11 is 1.20. The molecule has 2 aromatic rings. The molecule has 0 saturated carbocycles. The summed E-state index contributed by atoms with van der Waals surface area (Å²) in [5.74, 6) is -0.0501. The van der Waals surface area contributed by atoms with Crippen molar-refractivity contribution in [2.45, 2.75) is 12.8 Å². The van der Waals surface area contributed by atoms with Gasteiger partial charge in [-0.1, -0.05) is 22.7 Å². The van der Waals surface area contributed by atoms with E-state index in [4.69, 9.17) is 0 Å². The molecular weight excluding hydrogens is 234 g/mol. The van der Waals surface area contributed by atoms with E-state index < -0.39 is 0 Å². The average molecular weight is 245 g/mol. The van der Waals surface area contributed by atoms with Crippen LogP contribution >= 0.6 is 11.5 Å². The fourth-order valence-electron chi connectivity index (χ4n) is 2.14. The second kappa shape index (κ2) is 4.25. The van der Waals surface area contributed by atoms with Crippen molar-refractivity contribution in [3.8, 4) is 0 Å². The molecule has 0 spiro atoms. The predicted molar refractivity (Wildman–Crippen MR) is 66.3 cm³/mol. The van der Waals surface area contributed by atoms with Crippen molar-refractivity contribution < 1.29 is 4.79 Å². The third kappa shape index (κ3) is 1.82. The minimum absolute atomic E-state index is 0.0501. The van der Waals surface area contributed by atoms with Crippen molar-refractivity contribution in [2.75, 3.05) is 11.4 Å². The van der Waals surface area contributed by atoms with E-state index in [1.807, 2.05) is 18.2 Å². The predicted octanol–water partition coefficient (Wildman–Crippen LogP) is 2.13. The van der Waals surface area contributed by atoms with Crippen LogP contribution in [-0.4, -0.2) is 22.0 Å². The number of hydrogen-bond donors (Lipinski definition) is 0. The molecule has 0 unspecified atom stereocenters. The number of aryl methyl sites for hydroxylation is 1. The van der Waals surface area contributed by atoms with Crippen molar-refractivity contribution in [1.82, 2.24) is 9.59 Å². The molecule has 5 heteroatoms. The van der Waals surface area contributed by atoms with Crippen LogP contribution in [0.5, 0.6) is 0 Å². The summed E-state index contributed by atoms with van der Waals surface area (Å²) in [6, 6.07) is 8.04. The molecule has 3 rings (SSSR count). The molecule has 1 aliphatic rings. The third-order valence-electron chi connectivity index (χ3n) is 2.93. The molecule has 0 saturated heterocycles. The monoisotopic (exact) mass is 245 g/mol. The number of benzene rings is 1. The van der Waals surface area contributed by atoms with Crippen molar-refractivity contribution in [3.63, 3.8) is 0 Å². The lowest BCUT2D eigenvalue weighted by molar-refractivity contribution is 0.0980. The molecule has 86 valence electrons. The molecule has 1 amide bonds. The number of aromatic nitrogens is 2. The van der Waals surface area contributed by atoms with Gasteiger partial charge < -0.3 is 4.90 Å². The Kier molecular flexibility index (Phi) is 2.60. The lowest BCUT2D eigenvalue weighted by Crippen LogP contribution is -2.35. The zero-order chi connectivity index (χ0) is 11.7. The van der Waals surface area contributed by atoms with E-state index in [0.717, 1.165) is 25.1 Å². The Hall–Kier alpha value is -1.75. The standard InChI is InChI=1S/C12H11N3OS/c16-12(10-8-17-14-13-10)15-7-3-5-9-4-1-2-6-11(9)15/h1-2,4,6,8H,3,5,7H2. The van der Waals surface area contributed by atoms with Gasteiger partial charge in [0.15, 0.2) is 5.69 Å². The number of para-hydroxylation sites is 1. The number of carbonyl (C=O) groups excluding carboxylic acids is 1. The van der Waals surface area contributed by atoms with E-state index in [1.54, 1.807) is 10.3 Å². The van der Waals surface area contributed by atoms with Crippen molar-refractivity contribution in [2.24, 2.45) is 0 Å². The maximum atomic E-state index is 12.3. The summed E-state index contributed by atoms with van der Waals surface area (Å²) in [5.41, 5.74) is 2.68. The second-order valence-electron chi connectivity index (χ2n) is 3.98. The second-order valence-corrected chi connectivity index (χ2v) is 4.59. The number of amides is 1. The molecule has 0 bridgehead atoms. The quantitative estimate of drug-likeness (QED) is 0.773. The Morgan fingerprint density at radius 1 is 1.35 bits per heavy atom. The van der Waals surface area contributed by atoms with Crippen LogP contribution in [0.25, 0.3) is 0 Å². The lowest BCUT2D eigenvalue weighted by Gasteiger charge is -2.28. The van der Waals surface area contributed by atoms with Gasteiger partial charge in [-0.2, -0.15) is 0 Å². The number of fused-ring (bicyclic) bond motifs is 1. The first-order valence-corrected chi connectivity index (χ1v) is 6.37. The first kappa shape index (κ1) is 10.4. The number of nitrogens with zero attached hydrogens (tertiary/aromatic N) is 3. The number of rotatable bonds is 1. The maximum Gasteiger partial charge on any atom is 0.279 e. The molecule has 0 N–H and O–H groups in total. The third-order valence-corrected chi connectivity index (χ3v) is 3.44. The number of hydrogen-bond acceptors (Lipinski definition) is 4. The number of anilines is 1. The van der Waals surface area contributed by atoms with Crippen LogP contribution in [0.3, 0.4) is 0 Å². The molecule has 0 atom stereocenters. The Bertz CT molecular complexity index is 538. The van der Waals surface area contributed by atoms with E-state index in [9.17, 15) is 4.79 Å². The highest BCUT2D eigenvalue weighted by Crippen LogP contribution is 2.27. The van der Waals surface area contributed by atoms with E-state index in [0.29, 0.717) is 5.69 Å². The molecule has 0 aliphatic carbocycles. The van der Waals surface area contributed by atoms with Gasteiger partial charge in [0.2, 0.25) is 0 Å². The van der Waals surface area contributed by atoms with Gasteiger partial charge in [0, 0.05) is 17.6 Å². The van der Waals surface area contributed by atoms with Crippen molar-refractivity contribution >= 4 is 23.1 Å². The SMILES string of the molecule is O=C(c1csnn1)N1CCCc2ccccc21. The molecular formula is C12H11N3OS. The zero-order valence-corrected chi connectivity index (χ0v) is 9.98. The largest absolute Gasteiger partial charge is 0.307 e. The van der Waals surface area contributed by atoms with Crippen LogP contribution < -0.4 is 4.90 Å². The first-order valence-electron chi connectivity index (χ1n) is 5.53. The highest BCUT2D eigenvalue weighted by atomic mass is 32.1. The summed E-state index contributed by atoms with van der Waals surface area (Å²) in [4.78, 5) is 14.1. The summed E-state index contributed by atoms with van der Waals surface area (Å²) in [5, 5.41) is 5.54. The zero-order valence-electron chi connectivity index (χ0n) is 9.17. The highest BCUT2D eigenvalue weighted by Gasteiger charge is 2.24. The fraction of sp³-hybridized carbons (Fsp3) is 0.250. The summed E-state index contributed by atoms with van der Waals surface area (Å²) in [6.45, 7) is 0.757. The maximum absolute atomic E-state index is 12.3. The van der Waals surface area contributed by atoms with Gasteiger partial charge in [0.1, 0.15) is 0 Å². The summed E-state index contributed by atoms with van der Waals surface area (Å²) < 4.78 is 3.74. The Balaban J connectivity index is 1.98. The van der Waals surface area contributed by atoms with E-state index >= 15 is 0 Å². The lowest BCUT2D eigenvalue weighted by atomic mass is 10.0. The van der Waals surface area contributed by atoms with Crippen molar-refractivity contribution in [3.05, 3.63) is 40.9 Å². The van der Waals surface area contributed by atoms with Crippen molar-refractivity contribution in [1.29, 1.82) is 0 Å². The van der Waals surface area contributed by atoms with Crippen LogP contribution in [0, 0.1) is 0 Å². The molecule has 1 aromatic carbocycles. The van der Waals surface area contributed by atoms with Gasteiger partial charge in [0.05, 0.1) is 0 Å². The first-order chi connectivity index (χ1) is 8.36. The smallest absolute Gasteiger partial charge is 0.279 e. The van der Waals surface area contributed by atoms with E-state index in [2.05, 4.69) is 15.7 Å². The normalized spacial score (nSPS) is 14.5. The molecule has 2 heterocycles. The Morgan fingerprint density at radius 2 is 2.24 bits per heavy atom. The summed E-state index contributed by atoms with van der Waals surface area (Å²) in [7, 11) is 0. The van der Waals surface area contributed by atoms with Gasteiger partial charge in [0.25, 0.3) is 5.91 Å². The van der Waals surface area contributed by atoms with Gasteiger partial charge in [-0.25, -0.2) is 0 Å². The van der Waals surface area contributed by atoms with Crippen LogP contribution in [0.2, 0.25) is 0 Å². The average Bonchev–Trinajstić information content (AvgIpc) is 2.91. The van der Waals surface area contributed by atoms with Crippen LogP contribution in [0.1, 0.15) is 22.5 Å². The fourth-order valence-corrected chi connectivity index (χ4v) is 2.57. The van der Waals surface area contributed by atoms with Gasteiger partial charge in [-0.15, -0.1) is 5.10 Å². The minimum Gasteiger partial charge on any atom is -0.307 e. The van der Waals surface area contributed by atoms with Gasteiger partial charge in [-0.3, -0.25) is 4.79 Å². The van der Waals surface area contributed by atoms with Crippen LogP contribution in [0.4, 0.5) is 5.69 Å². The van der Waals surface area contributed by atoms with Gasteiger partial charge >= 0.3 is 0 Å². The molecule has 0 radical (unpaired) electrons. The molecule has 17 heavy (non-hydrogen) atoms.